The van der Waals surface area contributed by atoms with E-state index in [4.69, 9.17) is 10.2 Å². The average Bonchev–Trinajstić information content (AvgIpc) is 3.33. The van der Waals surface area contributed by atoms with Crippen LogP contribution in [0.25, 0.3) is 0 Å². The molecule has 5 heteroatoms. The first-order chi connectivity index (χ1) is 12.9. The summed E-state index contributed by atoms with van der Waals surface area (Å²) in [6, 6.07) is 44.5. The fraction of sp³-hybridized carbons (Fsp3) is 0. The van der Waals surface area contributed by atoms with Gasteiger partial charge in [-0.15, -0.1) is 0 Å². The van der Waals surface area contributed by atoms with Crippen LogP contribution in [0, 0.1) is 29.7 Å². The molecule has 0 aliphatic carbocycles. The summed E-state index contributed by atoms with van der Waals surface area (Å²) in [7, 11) is -0.877. The van der Waals surface area contributed by atoms with E-state index in [2.05, 4.69) is 115 Å². The van der Waals surface area contributed by atoms with Crippen LogP contribution < -0.4 is 15.9 Å². The van der Waals surface area contributed by atoms with Crippen LogP contribution in [0.1, 0.15) is 0 Å². The van der Waals surface area contributed by atoms with Crippen LogP contribution in [-0.4, -0.2) is 27.3 Å². The van der Waals surface area contributed by atoms with Gasteiger partial charge in [-0.2, -0.15) is 0 Å². The zero-order chi connectivity index (χ0) is 18.5. The van der Waals surface area contributed by atoms with Crippen LogP contribution >= 0.6 is 7.92 Å². The maximum Gasteiger partial charge on any atom is 2.00 e. The fourth-order valence-electron chi connectivity index (χ4n) is 2.49. The summed E-state index contributed by atoms with van der Waals surface area (Å²) in [6.07, 6.45) is 0. The minimum Gasteiger partial charge on any atom is -0.999 e. The van der Waals surface area contributed by atoms with Crippen molar-refractivity contribution in [2.24, 2.45) is 0 Å². The van der Waals surface area contributed by atoms with Gasteiger partial charge in [0.1, 0.15) is 15.9 Å². The van der Waals surface area contributed by atoms with Crippen molar-refractivity contribution in [1.82, 2.24) is 0 Å². The van der Waals surface area contributed by atoms with Crippen molar-refractivity contribution in [3.63, 3.8) is 0 Å². The van der Waals surface area contributed by atoms with Crippen molar-refractivity contribution >= 4 is 51.1 Å². The van der Waals surface area contributed by atoms with Gasteiger partial charge in [0, 0.05) is 20.4 Å². The number of nitrogens with zero attached hydrogens (tertiary/aromatic N) is 1. The van der Waals surface area contributed by atoms with Crippen LogP contribution in [0.4, 0.5) is 0 Å². The summed E-state index contributed by atoms with van der Waals surface area (Å²) in [6.45, 7) is 0. The molecule has 0 saturated heterocycles. The molecule has 0 atom stereocenters. The fourth-order valence-corrected chi connectivity index (χ4v) is 5.07. The first-order valence-electron chi connectivity index (χ1n) is 7.99. The largest absolute Gasteiger partial charge is 2.00 e. The van der Waals surface area contributed by atoms with Crippen molar-refractivity contribution in [3.8, 4) is 0 Å². The van der Waals surface area contributed by atoms with Crippen LogP contribution in [0.15, 0.2) is 97.1 Å². The SMILES string of the molecule is N#[O+].[Pb+2].[Re].[c-]1[c-][c-][cH-][c-]1.c1ccc([PH+](c2ccccc2)c2ccccc2)cc1. The van der Waals surface area contributed by atoms with Crippen molar-refractivity contribution in [2.45, 2.75) is 0 Å². The quantitative estimate of drug-likeness (QED) is 0.138. The molecule has 2 nitrogen and oxygen atoms in total. The Kier molecular flexibility index (Phi) is 15.9. The monoisotopic (exact) mass is 749 g/mol. The molecule has 0 fully saturated rings. The minimum atomic E-state index is -0.877. The molecule has 0 aliphatic rings. The van der Waals surface area contributed by atoms with Gasteiger partial charge < -0.3 is 30.3 Å². The normalized spacial score (nSPS) is 8.68. The van der Waals surface area contributed by atoms with Gasteiger partial charge in [0.25, 0.3) is 0 Å². The molecule has 0 aliphatic heterocycles. The van der Waals surface area contributed by atoms with Crippen LogP contribution in [0.2, 0.25) is 0 Å². The van der Waals surface area contributed by atoms with Crippen molar-refractivity contribution < 1.29 is 25.2 Å². The Bertz CT molecular complexity index is 745. The molecule has 0 bridgehead atoms. The van der Waals surface area contributed by atoms with E-state index in [0.29, 0.717) is 0 Å². The van der Waals surface area contributed by atoms with Crippen LogP contribution in [0.3, 0.4) is 0 Å². The third kappa shape index (κ3) is 8.80. The first-order valence-corrected chi connectivity index (χ1v) is 9.49. The summed E-state index contributed by atoms with van der Waals surface area (Å²) < 4.78 is 7.25. The zero-order valence-corrected chi connectivity index (χ0v) is 22.6. The summed E-state index contributed by atoms with van der Waals surface area (Å²) >= 11 is 0. The molecule has 3 radical (unpaired) electrons. The average molecular weight is 748 g/mol. The zero-order valence-electron chi connectivity index (χ0n) is 15.0. The molecule has 28 heavy (non-hydrogen) atoms. The number of benzene rings is 3. The molecular weight excluding hydrogens is 731 g/mol. The maximum absolute atomic E-state index is 7.25. The Labute approximate surface area is 201 Å². The summed E-state index contributed by atoms with van der Waals surface area (Å²) in [5, 5.41) is 4.31. The van der Waals surface area contributed by atoms with Gasteiger partial charge in [0.2, 0.25) is 0 Å². The molecule has 4 aromatic carbocycles. The van der Waals surface area contributed by atoms with Gasteiger partial charge in [-0.05, 0) is 36.4 Å². The van der Waals surface area contributed by atoms with Gasteiger partial charge >= 0.3 is 37.5 Å². The van der Waals surface area contributed by atoms with E-state index in [1.54, 1.807) is 6.07 Å². The Hall–Kier alpha value is -1.31. The molecule has 137 valence electrons. The second-order valence-corrected chi connectivity index (χ2v) is 7.64. The number of hydrogen-bond acceptors (Lipinski definition) is 1. The summed E-state index contributed by atoms with van der Waals surface area (Å²) in [5.74, 6) is 0. The Balaban J connectivity index is 0.000000699. The number of rotatable bonds is 3. The van der Waals surface area contributed by atoms with E-state index in [0.717, 1.165) is 0 Å². The Morgan fingerprint density at radius 3 is 1.11 bits per heavy atom. The molecule has 4 rings (SSSR count). The Morgan fingerprint density at radius 2 is 0.893 bits per heavy atom. The second-order valence-electron chi connectivity index (χ2n) is 5.16. The topological polar surface area (TPSA) is 43.7 Å². The molecule has 0 saturated carbocycles. The molecule has 0 unspecified atom stereocenters. The molecule has 0 heterocycles. The van der Waals surface area contributed by atoms with Crippen LogP contribution in [-0.2, 0) is 25.2 Å². The first kappa shape index (κ1) is 26.7. The van der Waals surface area contributed by atoms with Crippen molar-refractivity contribution in [1.29, 1.82) is 5.46 Å². The molecule has 0 aromatic heterocycles. The smallest absolute Gasteiger partial charge is 0.999 e. The van der Waals surface area contributed by atoms with Gasteiger partial charge in [-0.3, -0.25) is 0 Å². The molecule has 0 spiro atoms. The summed E-state index contributed by atoms with van der Waals surface area (Å²) in [5.41, 5.74) is 5.75. The van der Waals surface area contributed by atoms with E-state index >= 15 is 0 Å². The second kappa shape index (κ2) is 16.6. The van der Waals surface area contributed by atoms with E-state index in [9.17, 15) is 0 Å². The third-order valence-corrected chi connectivity index (χ3v) is 6.27. The van der Waals surface area contributed by atoms with E-state index in [1.165, 1.54) is 15.9 Å². The minimum absolute atomic E-state index is 0. The predicted octanol–water partition coefficient (Wildman–Crippen LogP) is 3.30. The molecule has 0 N–H and O–H groups in total. The van der Waals surface area contributed by atoms with Gasteiger partial charge in [-0.25, -0.2) is 0 Å². The molecule has 4 aromatic rings. The van der Waals surface area contributed by atoms with Gasteiger partial charge in [0.05, 0.1) is 7.92 Å². The third-order valence-electron chi connectivity index (χ3n) is 3.54. The standard InChI is InChI=1S/C18H15P.C5H.NO.Pb.Re/c1-4-10-16(11-5-1)19(17-12-6-2-7-13-17)18-14-8-3-9-15-18;1-2-4-5-3-1;1-2;;/h1-15H;1H;;;/q;-5;+1;+2;/p+1. The number of hydrogen-bond donors (Lipinski definition) is 0. The predicted molar refractivity (Wildman–Crippen MR) is 112 cm³/mol. The van der Waals surface area contributed by atoms with E-state index in [-0.39, 0.29) is 47.7 Å². The van der Waals surface area contributed by atoms with Crippen molar-refractivity contribution in [3.05, 3.63) is 121 Å². The van der Waals surface area contributed by atoms with Gasteiger partial charge in [-0.1, -0.05) is 54.6 Å². The van der Waals surface area contributed by atoms with Crippen molar-refractivity contribution in [2.75, 3.05) is 0 Å². The Morgan fingerprint density at radius 1 is 0.607 bits per heavy atom. The molecule has 0 amide bonds. The van der Waals surface area contributed by atoms with Crippen LogP contribution in [0.5, 0.6) is 0 Å². The van der Waals surface area contributed by atoms with Gasteiger partial charge in [0.15, 0.2) is 0 Å². The maximum atomic E-state index is 7.25. The van der Waals surface area contributed by atoms with E-state index in [1.807, 2.05) is 0 Å². The molecular formula is C23H17NOPPbRe-. The summed E-state index contributed by atoms with van der Waals surface area (Å²) in [4.78, 5) is 0. The van der Waals surface area contributed by atoms with E-state index < -0.39 is 7.92 Å².